The van der Waals surface area contributed by atoms with E-state index in [9.17, 15) is 9.59 Å². The zero-order valence-electron chi connectivity index (χ0n) is 17.7. The average molecular weight is 411 g/mol. The number of carbonyl (C=O) groups is 2. The first-order valence-electron chi connectivity index (χ1n) is 10.8. The van der Waals surface area contributed by atoms with Crippen LogP contribution in [0.3, 0.4) is 0 Å². The minimum atomic E-state index is -0.0634. The van der Waals surface area contributed by atoms with Gasteiger partial charge in [0.2, 0.25) is 5.91 Å². The van der Waals surface area contributed by atoms with Gasteiger partial charge in [-0.1, -0.05) is 44.2 Å². The van der Waals surface area contributed by atoms with Gasteiger partial charge in [0.05, 0.1) is 25.2 Å². The Kier molecular flexibility index (Phi) is 6.18. The molecule has 1 saturated heterocycles. The van der Waals surface area contributed by atoms with Crippen molar-refractivity contribution in [3.8, 4) is 0 Å². The molecule has 1 aromatic heterocycles. The van der Waals surface area contributed by atoms with Gasteiger partial charge in [0, 0.05) is 25.6 Å². The summed E-state index contributed by atoms with van der Waals surface area (Å²) in [6.45, 7) is 7.05. The molecule has 1 atom stereocenters. The number of hydrogen-bond acceptors (Lipinski definition) is 4. The largest absolute Gasteiger partial charge is 0.365 e. The molecule has 30 heavy (non-hydrogen) atoms. The van der Waals surface area contributed by atoms with Gasteiger partial charge in [0.15, 0.2) is 5.69 Å². The third-order valence-electron chi connectivity index (χ3n) is 5.94. The lowest BCUT2D eigenvalue weighted by molar-refractivity contribution is -0.126. The minimum absolute atomic E-state index is 0.0151. The summed E-state index contributed by atoms with van der Waals surface area (Å²) in [5, 5.41) is 3.01. The SMILES string of the molecule is CC(C)CNC(=O)C1CCN(C(=O)c2ncn3c2CO[C@H](c2ccccc2)C3)CC1. The van der Waals surface area contributed by atoms with Gasteiger partial charge in [0.25, 0.3) is 5.91 Å². The third kappa shape index (κ3) is 4.41. The maximum Gasteiger partial charge on any atom is 0.274 e. The predicted octanol–water partition coefficient (Wildman–Crippen LogP) is 2.78. The number of carbonyl (C=O) groups excluding carboxylic acids is 2. The molecule has 0 unspecified atom stereocenters. The van der Waals surface area contributed by atoms with Crippen LogP contribution < -0.4 is 5.32 Å². The van der Waals surface area contributed by atoms with E-state index in [1.54, 1.807) is 6.33 Å². The molecule has 1 aromatic carbocycles. The Bertz CT molecular complexity index is 885. The highest BCUT2D eigenvalue weighted by Gasteiger charge is 2.32. The van der Waals surface area contributed by atoms with Crippen molar-refractivity contribution in [1.29, 1.82) is 0 Å². The number of amides is 2. The van der Waals surface area contributed by atoms with Crippen LogP contribution in [0.1, 0.15) is 54.5 Å². The summed E-state index contributed by atoms with van der Waals surface area (Å²) < 4.78 is 8.07. The highest BCUT2D eigenvalue weighted by atomic mass is 16.5. The Hall–Kier alpha value is -2.67. The van der Waals surface area contributed by atoms with Crippen molar-refractivity contribution in [2.45, 2.75) is 45.9 Å². The van der Waals surface area contributed by atoms with Crippen molar-refractivity contribution in [3.05, 3.63) is 53.6 Å². The summed E-state index contributed by atoms with van der Waals surface area (Å²) in [4.78, 5) is 31.6. The molecule has 2 aliphatic heterocycles. The maximum absolute atomic E-state index is 13.1. The van der Waals surface area contributed by atoms with Crippen molar-refractivity contribution in [2.24, 2.45) is 11.8 Å². The van der Waals surface area contributed by atoms with Gasteiger partial charge in [-0.25, -0.2) is 4.98 Å². The van der Waals surface area contributed by atoms with E-state index in [-0.39, 0.29) is 23.8 Å². The van der Waals surface area contributed by atoms with Gasteiger partial charge in [0.1, 0.15) is 6.10 Å². The molecular weight excluding hydrogens is 380 g/mol. The Morgan fingerprint density at radius 2 is 1.93 bits per heavy atom. The second-order valence-electron chi connectivity index (χ2n) is 8.61. The molecule has 2 aliphatic rings. The van der Waals surface area contributed by atoms with E-state index in [0.717, 1.165) is 11.3 Å². The van der Waals surface area contributed by atoms with Gasteiger partial charge in [-0.15, -0.1) is 0 Å². The fourth-order valence-corrected chi connectivity index (χ4v) is 4.12. The summed E-state index contributed by atoms with van der Waals surface area (Å²) in [6, 6.07) is 10.1. The summed E-state index contributed by atoms with van der Waals surface area (Å²) in [6.07, 6.45) is 3.10. The molecule has 3 heterocycles. The minimum Gasteiger partial charge on any atom is -0.365 e. The van der Waals surface area contributed by atoms with Crippen LogP contribution in [-0.2, 0) is 22.7 Å². The molecule has 0 aliphatic carbocycles. The molecule has 4 rings (SSSR count). The number of nitrogens with one attached hydrogen (secondary N) is 1. The number of nitrogens with zero attached hydrogens (tertiary/aromatic N) is 3. The van der Waals surface area contributed by atoms with Gasteiger partial charge in [-0.05, 0) is 24.3 Å². The predicted molar refractivity (Wildman–Crippen MR) is 113 cm³/mol. The Labute approximate surface area is 177 Å². The molecule has 2 aromatic rings. The van der Waals surface area contributed by atoms with Crippen LogP contribution in [0.4, 0.5) is 0 Å². The lowest BCUT2D eigenvalue weighted by Crippen LogP contribution is -2.44. The van der Waals surface area contributed by atoms with E-state index in [1.165, 1.54) is 0 Å². The second kappa shape index (κ2) is 9.00. The van der Waals surface area contributed by atoms with E-state index < -0.39 is 0 Å². The fourth-order valence-electron chi connectivity index (χ4n) is 4.12. The molecule has 0 bridgehead atoms. The summed E-state index contributed by atoms with van der Waals surface area (Å²) in [5.41, 5.74) is 2.44. The van der Waals surface area contributed by atoms with Crippen LogP contribution in [0.2, 0.25) is 0 Å². The summed E-state index contributed by atoms with van der Waals surface area (Å²) in [5.74, 6) is 0.465. The number of rotatable bonds is 5. The normalized spacial score (nSPS) is 19.6. The number of benzene rings is 1. The van der Waals surface area contributed by atoms with E-state index in [2.05, 4.69) is 36.3 Å². The number of aromatic nitrogens is 2. The zero-order valence-corrected chi connectivity index (χ0v) is 17.7. The van der Waals surface area contributed by atoms with Crippen molar-refractivity contribution in [3.63, 3.8) is 0 Å². The molecule has 0 spiro atoms. The van der Waals surface area contributed by atoms with Crippen LogP contribution in [0, 0.1) is 11.8 Å². The molecule has 0 saturated carbocycles. The number of piperidine rings is 1. The van der Waals surface area contributed by atoms with E-state index in [4.69, 9.17) is 4.74 Å². The fraction of sp³-hybridized carbons (Fsp3) is 0.522. The molecule has 7 heteroatoms. The first-order chi connectivity index (χ1) is 14.5. The van der Waals surface area contributed by atoms with Gasteiger partial charge < -0.3 is 19.5 Å². The highest BCUT2D eigenvalue weighted by molar-refractivity contribution is 5.93. The second-order valence-corrected chi connectivity index (χ2v) is 8.61. The quantitative estimate of drug-likeness (QED) is 0.822. The van der Waals surface area contributed by atoms with Crippen molar-refractivity contribution < 1.29 is 14.3 Å². The number of fused-ring (bicyclic) bond motifs is 1. The van der Waals surface area contributed by atoms with Gasteiger partial charge >= 0.3 is 0 Å². The maximum atomic E-state index is 13.1. The number of imidazole rings is 1. The van der Waals surface area contributed by atoms with Crippen LogP contribution in [0.15, 0.2) is 36.7 Å². The number of ether oxygens (including phenoxy) is 1. The van der Waals surface area contributed by atoms with Crippen LogP contribution in [0.5, 0.6) is 0 Å². The van der Waals surface area contributed by atoms with Gasteiger partial charge in [-0.2, -0.15) is 0 Å². The molecule has 2 amide bonds. The molecule has 7 nitrogen and oxygen atoms in total. The van der Waals surface area contributed by atoms with Crippen LogP contribution >= 0.6 is 0 Å². The van der Waals surface area contributed by atoms with Crippen molar-refractivity contribution >= 4 is 11.8 Å². The van der Waals surface area contributed by atoms with Crippen molar-refractivity contribution in [2.75, 3.05) is 19.6 Å². The van der Waals surface area contributed by atoms with Crippen LogP contribution in [0.25, 0.3) is 0 Å². The first-order valence-corrected chi connectivity index (χ1v) is 10.8. The Morgan fingerprint density at radius 1 is 1.20 bits per heavy atom. The van der Waals surface area contributed by atoms with Crippen LogP contribution in [-0.4, -0.2) is 45.9 Å². The topological polar surface area (TPSA) is 76.5 Å². The molecule has 1 fully saturated rings. The Morgan fingerprint density at radius 3 is 2.63 bits per heavy atom. The Balaban J connectivity index is 1.36. The molecule has 0 radical (unpaired) electrons. The van der Waals surface area contributed by atoms with E-state index in [1.807, 2.05) is 27.7 Å². The molecular formula is C23H30N4O3. The lowest BCUT2D eigenvalue weighted by Gasteiger charge is -2.31. The number of likely N-dealkylation sites (tertiary alicyclic amines) is 1. The molecule has 1 N–H and O–H groups in total. The standard InChI is InChI=1S/C23H30N4O3/c1-16(2)12-24-22(28)18-8-10-26(11-9-18)23(29)21-19-14-30-20(13-27(19)15-25-21)17-6-4-3-5-7-17/h3-7,15-16,18,20H,8-14H2,1-2H3,(H,24,28)/t20-/m0/s1. The first kappa shape index (κ1) is 20.6. The highest BCUT2D eigenvalue weighted by Crippen LogP contribution is 2.28. The monoisotopic (exact) mass is 410 g/mol. The van der Waals surface area contributed by atoms with E-state index in [0.29, 0.717) is 57.2 Å². The summed E-state index contributed by atoms with van der Waals surface area (Å²) >= 11 is 0. The average Bonchev–Trinajstić information content (AvgIpc) is 3.21. The lowest BCUT2D eigenvalue weighted by atomic mass is 9.95. The summed E-state index contributed by atoms with van der Waals surface area (Å²) in [7, 11) is 0. The van der Waals surface area contributed by atoms with E-state index >= 15 is 0 Å². The molecule has 160 valence electrons. The third-order valence-corrected chi connectivity index (χ3v) is 5.94. The zero-order chi connectivity index (χ0) is 21.1. The smallest absolute Gasteiger partial charge is 0.274 e. The van der Waals surface area contributed by atoms with Gasteiger partial charge in [-0.3, -0.25) is 9.59 Å². The van der Waals surface area contributed by atoms with Crippen molar-refractivity contribution in [1.82, 2.24) is 19.8 Å². The number of hydrogen-bond donors (Lipinski definition) is 1.